The molecule has 1 aromatic heterocycles. The van der Waals surface area contributed by atoms with E-state index < -0.39 is 0 Å². The van der Waals surface area contributed by atoms with Gasteiger partial charge in [-0.05, 0) is 38.1 Å². The second-order valence-corrected chi connectivity index (χ2v) is 5.86. The molecule has 1 aliphatic heterocycles. The van der Waals surface area contributed by atoms with Gasteiger partial charge in [-0.25, -0.2) is 4.79 Å². The molecule has 0 spiro atoms. The molecule has 4 nitrogen and oxygen atoms in total. The van der Waals surface area contributed by atoms with Gasteiger partial charge in [-0.2, -0.15) is 0 Å². The van der Waals surface area contributed by atoms with E-state index in [4.69, 9.17) is 11.6 Å². The Bertz CT molecular complexity index is 661. The number of halogens is 1. The van der Waals surface area contributed by atoms with Crippen LogP contribution in [0.4, 0.5) is 0 Å². The molecule has 1 saturated heterocycles. The van der Waals surface area contributed by atoms with Crippen LogP contribution in [0.1, 0.15) is 26.2 Å². The molecular formula is C15H20ClN3O. The summed E-state index contributed by atoms with van der Waals surface area (Å²) >= 11 is 6.27. The van der Waals surface area contributed by atoms with E-state index >= 15 is 0 Å². The quantitative estimate of drug-likeness (QED) is 0.945. The summed E-state index contributed by atoms with van der Waals surface area (Å²) in [5, 5.41) is 0.639. The van der Waals surface area contributed by atoms with Gasteiger partial charge in [-0.3, -0.25) is 9.47 Å². The van der Waals surface area contributed by atoms with Crippen molar-refractivity contribution in [3.05, 3.63) is 33.7 Å². The van der Waals surface area contributed by atoms with E-state index in [9.17, 15) is 4.79 Å². The SMILES string of the molecule is CCN1CCCCC1Cn1c(=O)[nH]c2cccc(Cl)c21. The van der Waals surface area contributed by atoms with Gasteiger partial charge in [0.1, 0.15) is 0 Å². The third kappa shape index (κ3) is 2.38. The number of benzene rings is 1. The zero-order chi connectivity index (χ0) is 14.1. The summed E-state index contributed by atoms with van der Waals surface area (Å²) in [5.41, 5.74) is 1.59. The van der Waals surface area contributed by atoms with Gasteiger partial charge < -0.3 is 4.98 Å². The maximum Gasteiger partial charge on any atom is 0.326 e. The zero-order valence-electron chi connectivity index (χ0n) is 11.7. The molecule has 3 rings (SSSR count). The Kier molecular flexibility index (Phi) is 3.85. The lowest BCUT2D eigenvalue weighted by Crippen LogP contribution is -2.43. The average Bonchev–Trinajstić information content (AvgIpc) is 2.77. The molecule has 2 aromatic rings. The van der Waals surface area contributed by atoms with Gasteiger partial charge >= 0.3 is 5.69 Å². The number of aromatic nitrogens is 2. The number of para-hydroxylation sites is 1. The number of imidazole rings is 1. The molecule has 1 N–H and O–H groups in total. The normalized spacial score (nSPS) is 20.6. The average molecular weight is 294 g/mol. The number of H-pyrrole nitrogens is 1. The fourth-order valence-corrected chi connectivity index (χ4v) is 3.52. The van der Waals surface area contributed by atoms with Crippen LogP contribution in [-0.2, 0) is 6.54 Å². The van der Waals surface area contributed by atoms with Crippen molar-refractivity contribution in [2.45, 2.75) is 38.8 Å². The van der Waals surface area contributed by atoms with Gasteiger partial charge in [0.15, 0.2) is 0 Å². The summed E-state index contributed by atoms with van der Waals surface area (Å²) in [5.74, 6) is 0. The minimum atomic E-state index is -0.0604. The largest absolute Gasteiger partial charge is 0.326 e. The first-order valence-corrected chi connectivity index (χ1v) is 7.69. The van der Waals surface area contributed by atoms with E-state index in [-0.39, 0.29) is 5.69 Å². The number of nitrogens with zero attached hydrogens (tertiary/aromatic N) is 2. The highest BCUT2D eigenvalue weighted by Crippen LogP contribution is 2.23. The summed E-state index contributed by atoms with van der Waals surface area (Å²) in [4.78, 5) is 17.5. The highest BCUT2D eigenvalue weighted by Gasteiger charge is 2.23. The van der Waals surface area contributed by atoms with Crippen molar-refractivity contribution >= 4 is 22.6 Å². The molecule has 2 heterocycles. The van der Waals surface area contributed by atoms with Crippen LogP contribution in [-0.4, -0.2) is 33.6 Å². The Labute approximate surface area is 123 Å². The first kappa shape index (κ1) is 13.7. The predicted molar refractivity (Wildman–Crippen MR) is 82.5 cm³/mol. The number of piperidine rings is 1. The monoisotopic (exact) mass is 293 g/mol. The number of likely N-dealkylation sites (tertiary alicyclic amines) is 1. The predicted octanol–water partition coefficient (Wildman–Crippen LogP) is 2.86. The van der Waals surface area contributed by atoms with Gasteiger partial charge in [0.25, 0.3) is 0 Å². The van der Waals surface area contributed by atoms with E-state index in [1.165, 1.54) is 12.8 Å². The van der Waals surface area contributed by atoms with Gasteiger partial charge in [-0.15, -0.1) is 0 Å². The maximum absolute atomic E-state index is 12.2. The smallest absolute Gasteiger partial charge is 0.305 e. The van der Waals surface area contributed by atoms with Crippen molar-refractivity contribution in [1.29, 1.82) is 0 Å². The highest BCUT2D eigenvalue weighted by atomic mass is 35.5. The lowest BCUT2D eigenvalue weighted by Gasteiger charge is -2.35. The lowest BCUT2D eigenvalue weighted by molar-refractivity contribution is 0.140. The standard InChI is InChI=1S/C15H20ClN3O/c1-2-18-9-4-3-6-11(18)10-19-14-12(16)7-5-8-13(14)17-15(19)20/h5,7-8,11H,2-4,6,9-10H2,1H3,(H,17,20). The van der Waals surface area contributed by atoms with Crippen molar-refractivity contribution in [2.75, 3.05) is 13.1 Å². The van der Waals surface area contributed by atoms with Crippen molar-refractivity contribution in [3.63, 3.8) is 0 Å². The van der Waals surface area contributed by atoms with Gasteiger partial charge in [0, 0.05) is 12.6 Å². The van der Waals surface area contributed by atoms with Crippen LogP contribution in [0, 0.1) is 0 Å². The number of hydrogen-bond acceptors (Lipinski definition) is 2. The van der Waals surface area contributed by atoms with Crippen LogP contribution in [0.5, 0.6) is 0 Å². The third-order valence-electron chi connectivity index (χ3n) is 4.29. The fraction of sp³-hybridized carbons (Fsp3) is 0.533. The molecule has 1 fully saturated rings. The molecule has 0 amide bonds. The molecule has 1 aromatic carbocycles. The molecule has 1 atom stereocenters. The van der Waals surface area contributed by atoms with E-state index in [1.54, 1.807) is 4.57 Å². The molecule has 0 aliphatic carbocycles. The minimum Gasteiger partial charge on any atom is -0.305 e. The third-order valence-corrected chi connectivity index (χ3v) is 4.60. The summed E-state index contributed by atoms with van der Waals surface area (Å²) in [6.07, 6.45) is 3.65. The summed E-state index contributed by atoms with van der Waals surface area (Å²) < 4.78 is 1.80. The first-order valence-electron chi connectivity index (χ1n) is 7.31. The van der Waals surface area contributed by atoms with Crippen molar-refractivity contribution in [1.82, 2.24) is 14.5 Å². The van der Waals surface area contributed by atoms with Crippen molar-refractivity contribution in [3.8, 4) is 0 Å². The molecule has 0 saturated carbocycles. The molecule has 20 heavy (non-hydrogen) atoms. The van der Waals surface area contributed by atoms with E-state index in [1.807, 2.05) is 18.2 Å². The summed E-state index contributed by atoms with van der Waals surface area (Å²) in [6.45, 7) is 5.07. The Morgan fingerprint density at radius 2 is 2.25 bits per heavy atom. The molecule has 0 bridgehead atoms. The molecule has 1 aliphatic rings. The van der Waals surface area contributed by atoms with Crippen molar-refractivity contribution in [2.24, 2.45) is 0 Å². The van der Waals surface area contributed by atoms with Crippen LogP contribution in [0.25, 0.3) is 11.0 Å². The molecule has 1 unspecified atom stereocenters. The van der Waals surface area contributed by atoms with Crippen LogP contribution in [0.3, 0.4) is 0 Å². The molecule has 108 valence electrons. The maximum atomic E-state index is 12.2. The fourth-order valence-electron chi connectivity index (χ4n) is 3.24. The topological polar surface area (TPSA) is 41.0 Å². The Morgan fingerprint density at radius 1 is 1.40 bits per heavy atom. The van der Waals surface area contributed by atoms with E-state index in [0.717, 1.165) is 37.1 Å². The van der Waals surface area contributed by atoms with Gasteiger partial charge in [-0.1, -0.05) is 31.0 Å². The van der Waals surface area contributed by atoms with Crippen LogP contribution >= 0.6 is 11.6 Å². The minimum absolute atomic E-state index is 0.0604. The number of likely N-dealkylation sites (N-methyl/N-ethyl adjacent to an activating group) is 1. The van der Waals surface area contributed by atoms with E-state index in [0.29, 0.717) is 11.1 Å². The van der Waals surface area contributed by atoms with E-state index in [2.05, 4.69) is 16.8 Å². The number of fused-ring (bicyclic) bond motifs is 1. The molecule has 5 heteroatoms. The number of hydrogen-bond donors (Lipinski definition) is 1. The lowest BCUT2D eigenvalue weighted by atomic mass is 10.0. The zero-order valence-corrected chi connectivity index (χ0v) is 12.5. The van der Waals surface area contributed by atoms with Crippen molar-refractivity contribution < 1.29 is 0 Å². The number of aromatic amines is 1. The summed E-state index contributed by atoms with van der Waals surface area (Å²) in [6, 6.07) is 6.04. The Morgan fingerprint density at radius 3 is 3.05 bits per heavy atom. The first-order chi connectivity index (χ1) is 9.70. The Balaban J connectivity index is 1.98. The second-order valence-electron chi connectivity index (χ2n) is 5.45. The van der Waals surface area contributed by atoms with Gasteiger partial charge in [0.05, 0.1) is 16.1 Å². The molecule has 0 radical (unpaired) electrons. The van der Waals surface area contributed by atoms with Crippen LogP contribution in [0.2, 0.25) is 5.02 Å². The molecular weight excluding hydrogens is 274 g/mol. The number of nitrogens with one attached hydrogen (secondary N) is 1. The van der Waals surface area contributed by atoms with Crippen LogP contribution < -0.4 is 5.69 Å². The highest BCUT2D eigenvalue weighted by molar-refractivity contribution is 6.34. The number of rotatable bonds is 3. The van der Waals surface area contributed by atoms with Crippen LogP contribution in [0.15, 0.2) is 23.0 Å². The Hall–Kier alpha value is -1.26. The van der Waals surface area contributed by atoms with Gasteiger partial charge in [0.2, 0.25) is 0 Å². The second kappa shape index (κ2) is 5.62. The summed E-state index contributed by atoms with van der Waals surface area (Å²) in [7, 11) is 0.